The smallest absolute Gasteiger partial charge is 0.199 e. The highest BCUT2D eigenvalue weighted by Gasteiger charge is 2.11. The Labute approximate surface area is 96.2 Å². The van der Waals surface area contributed by atoms with Gasteiger partial charge in [-0.05, 0) is 34.6 Å². The number of rotatable bonds is 3. The Morgan fingerprint density at radius 3 is 3.00 bits per heavy atom. The molecule has 0 aliphatic rings. The highest BCUT2D eigenvalue weighted by atomic mass is 79.9. The lowest BCUT2D eigenvalue weighted by Crippen LogP contribution is -2.07. The summed E-state index contributed by atoms with van der Waals surface area (Å²) in [5, 5.41) is 0. The quantitative estimate of drug-likeness (QED) is 0.921. The van der Waals surface area contributed by atoms with E-state index < -0.39 is 0 Å². The molecule has 0 atom stereocenters. The van der Waals surface area contributed by atoms with Gasteiger partial charge in [-0.15, -0.1) is 0 Å². The van der Waals surface area contributed by atoms with E-state index in [9.17, 15) is 0 Å². The standard InChI is InChI=1S/C10H12BrN3O/c1-15-9-4-2-3-7-10(11)13-8(5-6-12)14(7)9/h2-4H,5-6,12H2,1H3. The molecule has 0 aromatic carbocycles. The van der Waals surface area contributed by atoms with Crippen molar-refractivity contribution in [3.8, 4) is 5.88 Å². The van der Waals surface area contributed by atoms with Crippen LogP contribution in [0.3, 0.4) is 0 Å². The Bertz CT molecular complexity index is 481. The van der Waals surface area contributed by atoms with Crippen molar-refractivity contribution in [2.24, 2.45) is 5.73 Å². The van der Waals surface area contributed by atoms with Crippen LogP contribution in [-0.2, 0) is 6.42 Å². The molecule has 0 saturated heterocycles. The van der Waals surface area contributed by atoms with Crippen LogP contribution in [0, 0.1) is 0 Å². The summed E-state index contributed by atoms with van der Waals surface area (Å²) >= 11 is 3.42. The third-order valence-corrected chi connectivity index (χ3v) is 2.81. The molecule has 0 aliphatic carbocycles. The summed E-state index contributed by atoms with van der Waals surface area (Å²) in [6.45, 7) is 0.573. The van der Waals surface area contributed by atoms with E-state index in [0.717, 1.165) is 28.2 Å². The van der Waals surface area contributed by atoms with E-state index >= 15 is 0 Å². The summed E-state index contributed by atoms with van der Waals surface area (Å²) in [6, 6.07) is 5.83. The fraction of sp³-hybridized carbons (Fsp3) is 0.300. The van der Waals surface area contributed by atoms with Gasteiger partial charge in [-0.2, -0.15) is 0 Å². The molecule has 2 aromatic heterocycles. The summed E-state index contributed by atoms with van der Waals surface area (Å²) in [5.41, 5.74) is 6.54. The molecule has 15 heavy (non-hydrogen) atoms. The first-order valence-corrected chi connectivity index (χ1v) is 5.47. The molecule has 0 aliphatic heterocycles. The molecule has 0 bridgehead atoms. The van der Waals surface area contributed by atoms with Crippen molar-refractivity contribution in [2.45, 2.75) is 6.42 Å². The zero-order chi connectivity index (χ0) is 10.8. The number of fused-ring (bicyclic) bond motifs is 1. The maximum Gasteiger partial charge on any atom is 0.199 e. The van der Waals surface area contributed by atoms with Crippen LogP contribution in [0.2, 0.25) is 0 Å². The first-order chi connectivity index (χ1) is 7.27. The number of nitrogens with zero attached hydrogens (tertiary/aromatic N) is 2. The first kappa shape index (κ1) is 10.4. The predicted molar refractivity (Wildman–Crippen MR) is 62.2 cm³/mol. The average Bonchev–Trinajstić information content (AvgIpc) is 2.57. The first-order valence-electron chi connectivity index (χ1n) is 4.68. The van der Waals surface area contributed by atoms with E-state index in [4.69, 9.17) is 10.5 Å². The van der Waals surface area contributed by atoms with Crippen molar-refractivity contribution in [1.82, 2.24) is 9.38 Å². The van der Waals surface area contributed by atoms with Crippen LogP contribution < -0.4 is 10.5 Å². The maximum atomic E-state index is 5.54. The van der Waals surface area contributed by atoms with Crippen molar-refractivity contribution in [3.63, 3.8) is 0 Å². The largest absolute Gasteiger partial charge is 0.482 e. The third kappa shape index (κ3) is 1.72. The summed E-state index contributed by atoms with van der Waals surface area (Å²) in [4.78, 5) is 4.41. The van der Waals surface area contributed by atoms with Gasteiger partial charge in [-0.25, -0.2) is 4.98 Å². The molecule has 2 rings (SSSR count). The van der Waals surface area contributed by atoms with E-state index in [1.807, 2.05) is 22.6 Å². The number of methoxy groups -OCH3 is 1. The van der Waals surface area contributed by atoms with Gasteiger partial charge in [-0.3, -0.25) is 4.40 Å². The van der Waals surface area contributed by atoms with Crippen LogP contribution in [0.5, 0.6) is 5.88 Å². The number of hydrogen-bond acceptors (Lipinski definition) is 3. The van der Waals surface area contributed by atoms with Gasteiger partial charge in [0.25, 0.3) is 0 Å². The van der Waals surface area contributed by atoms with E-state index in [1.54, 1.807) is 7.11 Å². The highest BCUT2D eigenvalue weighted by molar-refractivity contribution is 9.10. The van der Waals surface area contributed by atoms with Crippen LogP contribution in [0.1, 0.15) is 5.82 Å². The SMILES string of the molecule is COc1cccc2c(Br)nc(CCN)n12. The number of nitrogens with two attached hydrogens (primary N) is 1. The van der Waals surface area contributed by atoms with Gasteiger partial charge in [0.05, 0.1) is 12.6 Å². The van der Waals surface area contributed by atoms with Gasteiger partial charge in [-0.1, -0.05) is 6.07 Å². The van der Waals surface area contributed by atoms with Gasteiger partial charge in [0.1, 0.15) is 10.4 Å². The van der Waals surface area contributed by atoms with Crippen LogP contribution in [0.15, 0.2) is 22.8 Å². The molecule has 80 valence electrons. The summed E-state index contributed by atoms with van der Waals surface area (Å²) < 4.78 is 8.08. The Morgan fingerprint density at radius 1 is 1.53 bits per heavy atom. The van der Waals surface area contributed by atoms with Gasteiger partial charge in [0.2, 0.25) is 0 Å². The monoisotopic (exact) mass is 269 g/mol. The second-order valence-corrected chi connectivity index (χ2v) is 3.90. The lowest BCUT2D eigenvalue weighted by atomic mass is 10.4. The topological polar surface area (TPSA) is 52.5 Å². The average molecular weight is 270 g/mol. The molecule has 0 spiro atoms. The molecule has 5 heteroatoms. The zero-order valence-electron chi connectivity index (χ0n) is 8.40. The van der Waals surface area contributed by atoms with E-state index in [0.29, 0.717) is 6.54 Å². The summed E-state index contributed by atoms with van der Waals surface area (Å²) in [5.74, 6) is 1.69. The molecule has 4 nitrogen and oxygen atoms in total. The zero-order valence-corrected chi connectivity index (χ0v) is 9.99. The van der Waals surface area contributed by atoms with E-state index in [-0.39, 0.29) is 0 Å². The second kappa shape index (κ2) is 4.20. The molecule has 0 radical (unpaired) electrons. The van der Waals surface area contributed by atoms with Crippen molar-refractivity contribution in [3.05, 3.63) is 28.6 Å². The Kier molecular flexibility index (Phi) is 2.93. The Morgan fingerprint density at radius 2 is 2.33 bits per heavy atom. The molecule has 0 saturated carbocycles. The van der Waals surface area contributed by atoms with Crippen molar-refractivity contribution >= 4 is 21.4 Å². The predicted octanol–water partition coefficient (Wildman–Crippen LogP) is 1.61. The van der Waals surface area contributed by atoms with Crippen molar-refractivity contribution < 1.29 is 4.74 Å². The highest BCUT2D eigenvalue weighted by Crippen LogP contribution is 2.24. The third-order valence-electron chi connectivity index (χ3n) is 2.23. The fourth-order valence-electron chi connectivity index (χ4n) is 1.59. The Hall–Kier alpha value is -1.07. The molecule has 2 aromatic rings. The molecule has 2 heterocycles. The van der Waals surface area contributed by atoms with Crippen LogP contribution >= 0.6 is 15.9 Å². The number of hydrogen-bond donors (Lipinski definition) is 1. The molecule has 0 fully saturated rings. The Balaban J connectivity index is 2.70. The van der Waals surface area contributed by atoms with Crippen LogP contribution in [0.25, 0.3) is 5.52 Å². The summed E-state index contributed by atoms with van der Waals surface area (Å²) in [6.07, 6.45) is 0.729. The summed E-state index contributed by atoms with van der Waals surface area (Å²) in [7, 11) is 1.65. The van der Waals surface area contributed by atoms with Gasteiger partial charge in [0.15, 0.2) is 5.88 Å². The number of imidazole rings is 1. The van der Waals surface area contributed by atoms with Crippen molar-refractivity contribution in [2.75, 3.05) is 13.7 Å². The van der Waals surface area contributed by atoms with Gasteiger partial charge < -0.3 is 10.5 Å². The van der Waals surface area contributed by atoms with E-state index in [1.165, 1.54) is 0 Å². The number of halogens is 1. The lowest BCUT2D eigenvalue weighted by molar-refractivity contribution is 0.390. The molecular weight excluding hydrogens is 258 g/mol. The normalized spacial score (nSPS) is 10.9. The number of aromatic nitrogens is 2. The minimum atomic E-state index is 0.573. The molecule has 0 amide bonds. The minimum Gasteiger partial charge on any atom is -0.482 e. The molecule has 2 N–H and O–H groups in total. The fourth-order valence-corrected chi connectivity index (χ4v) is 2.11. The molecular formula is C10H12BrN3O. The number of ether oxygens (including phenoxy) is 1. The second-order valence-electron chi connectivity index (χ2n) is 3.15. The van der Waals surface area contributed by atoms with Gasteiger partial charge in [0, 0.05) is 6.42 Å². The van der Waals surface area contributed by atoms with Crippen LogP contribution in [0.4, 0.5) is 0 Å². The van der Waals surface area contributed by atoms with E-state index in [2.05, 4.69) is 20.9 Å². The minimum absolute atomic E-state index is 0.573. The van der Waals surface area contributed by atoms with Crippen molar-refractivity contribution in [1.29, 1.82) is 0 Å². The lowest BCUT2D eigenvalue weighted by Gasteiger charge is -2.06. The van der Waals surface area contributed by atoms with Crippen LogP contribution in [-0.4, -0.2) is 23.0 Å². The number of pyridine rings is 1. The van der Waals surface area contributed by atoms with Gasteiger partial charge >= 0.3 is 0 Å². The maximum absolute atomic E-state index is 5.54. The molecule has 0 unspecified atom stereocenters.